The van der Waals surface area contributed by atoms with Gasteiger partial charge in [-0.15, -0.1) is 0 Å². The number of ether oxygens (including phenoxy) is 1. The van der Waals surface area contributed by atoms with E-state index in [0.717, 1.165) is 62.4 Å². The number of carbonyl (C=O) groups is 1. The number of aromatic nitrogens is 2. The summed E-state index contributed by atoms with van der Waals surface area (Å²) in [6.07, 6.45) is 3.56. The SMILES string of the molecule is CNc1ncnc(C(=O)N2CCC(N3CC4COCC4C3)CC2)c1C. The summed E-state index contributed by atoms with van der Waals surface area (Å²) in [5.41, 5.74) is 1.34. The molecule has 0 aliphatic carbocycles. The molecule has 1 aromatic heterocycles. The molecule has 2 unspecified atom stereocenters. The number of nitrogens with zero attached hydrogens (tertiary/aromatic N) is 4. The number of rotatable bonds is 3. The number of likely N-dealkylation sites (tertiary alicyclic amines) is 2. The van der Waals surface area contributed by atoms with Crippen LogP contribution in [0.25, 0.3) is 0 Å². The first-order valence-corrected chi connectivity index (χ1v) is 9.27. The molecule has 25 heavy (non-hydrogen) atoms. The Morgan fingerprint density at radius 1 is 1.20 bits per heavy atom. The smallest absolute Gasteiger partial charge is 0.272 e. The van der Waals surface area contributed by atoms with Crippen molar-refractivity contribution in [1.29, 1.82) is 0 Å². The van der Waals surface area contributed by atoms with E-state index >= 15 is 0 Å². The van der Waals surface area contributed by atoms with E-state index < -0.39 is 0 Å². The quantitative estimate of drug-likeness (QED) is 0.882. The molecule has 4 rings (SSSR count). The minimum absolute atomic E-state index is 0.0292. The molecule has 136 valence electrons. The van der Waals surface area contributed by atoms with Gasteiger partial charge in [0.15, 0.2) is 0 Å². The van der Waals surface area contributed by atoms with Crippen LogP contribution in [-0.4, -0.2) is 78.2 Å². The second kappa shape index (κ2) is 6.88. The molecule has 0 saturated carbocycles. The van der Waals surface area contributed by atoms with Gasteiger partial charge in [-0.05, 0) is 19.8 Å². The lowest BCUT2D eigenvalue weighted by atomic mass is 10.0. The number of piperidine rings is 1. The molecule has 7 heteroatoms. The second-order valence-electron chi connectivity index (χ2n) is 7.48. The van der Waals surface area contributed by atoms with Gasteiger partial charge in [0.05, 0.1) is 13.2 Å². The third kappa shape index (κ3) is 3.11. The first-order valence-electron chi connectivity index (χ1n) is 9.27. The fraction of sp³-hybridized carbons (Fsp3) is 0.722. The molecule has 3 fully saturated rings. The van der Waals surface area contributed by atoms with Crippen molar-refractivity contribution in [2.45, 2.75) is 25.8 Å². The average molecular weight is 345 g/mol. The van der Waals surface area contributed by atoms with Gasteiger partial charge in [0.25, 0.3) is 5.91 Å². The summed E-state index contributed by atoms with van der Waals surface area (Å²) in [6, 6.07) is 0.606. The lowest BCUT2D eigenvalue weighted by Crippen LogP contribution is -2.46. The van der Waals surface area contributed by atoms with Gasteiger partial charge in [0, 0.05) is 56.7 Å². The van der Waals surface area contributed by atoms with E-state index in [0.29, 0.717) is 11.7 Å². The number of fused-ring (bicyclic) bond motifs is 1. The lowest BCUT2D eigenvalue weighted by molar-refractivity contribution is 0.0612. The van der Waals surface area contributed by atoms with Crippen molar-refractivity contribution >= 4 is 11.7 Å². The highest BCUT2D eigenvalue weighted by molar-refractivity contribution is 5.94. The molecule has 7 nitrogen and oxygen atoms in total. The van der Waals surface area contributed by atoms with Crippen LogP contribution in [0.5, 0.6) is 0 Å². The molecule has 1 N–H and O–H groups in total. The monoisotopic (exact) mass is 345 g/mol. The number of hydrogen-bond donors (Lipinski definition) is 1. The van der Waals surface area contributed by atoms with Gasteiger partial charge in [-0.1, -0.05) is 0 Å². The number of anilines is 1. The summed E-state index contributed by atoms with van der Waals surface area (Å²) < 4.78 is 5.58. The second-order valence-corrected chi connectivity index (χ2v) is 7.48. The Morgan fingerprint density at radius 2 is 1.88 bits per heavy atom. The molecule has 3 saturated heterocycles. The minimum atomic E-state index is 0.0292. The maximum atomic E-state index is 12.9. The standard InChI is InChI=1S/C18H27N5O2/c1-12-16(20-11-21-17(12)19-2)18(24)22-5-3-15(4-6-22)23-7-13-9-25-10-14(13)8-23/h11,13-15H,3-10H2,1-2H3,(H,19,20,21). The number of hydrogen-bond acceptors (Lipinski definition) is 6. The van der Waals surface area contributed by atoms with Crippen LogP contribution in [0.2, 0.25) is 0 Å². The molecule has 2 atom stereocenters. The van der Waals surface area contributed by atoms with Crippen molar-refractivity contribution in [2.75, 3.05) is 51.8 Å². The van der Waals surface area contributed by atoms with Crippen LogP contribution in [-0.2, 0) is 4.74 Å². The highest BCUT2D eigenvalue weighted by atomic mass is 16.5. The average Bonchev–Trinajstić information content (AvgIpc) is 3.23. The maximum absolute atomic E-state index is 12.9. The van der Waals surface area contributed by atoms with Crippen molar-refractivity contribution in [2.24, 2.45) is 11.8 Å². The topological polar surface area (TPSA) is 70.6 Å². The fourth-order valence-corrected chi connectivity index (χ4v) is 4.52. The van der Waals surface area contributed by atoms with Gasteiger partial charge in [-0.25, -0.2) is 9.97 Å². The van der Waals surface area contributed by atoms with Crippen molar-refractivity contribution in [3.63, 3.8) is 0 Å². The summed E-state index contributed by atoms with van der Waals surface area (Å²) in [5, 5.41) is 3.02. The highest BCUT2D eigenvalue weighted by Crippen LogP contribution is 2.32. The Kier molecular flexibility index (Phi) is 4.60. The zero-order valence-corrected chi connectivity index (χ0v) is 15.1. The summed E-state index contributed by atoms with van der Waals surface area (Å²) in [7, 11) is 1.81. The third-order valence-corrected chi connectivity index (χ3v) is 6.06. The first kappa shape index (κ1) is 16.7. The number of nitrogens with one attached hydrogen (secondary N) is 1. The van der Waals surface area contributed by atoms with Crippen LogP contribution in [0.1, 0.15) is 28.9 Å². The summed E-state index contributed by atoms with van der Waals surface area (Å²) in [5.74, 6) is 2.20. The van der Waals surface area contributed by atoms with Crippen LogP contribution in [0.3, 0.4) is 0 Å². The molecular formula is C18H27N5O2. The largest absolute Gasteiger partial charge is 0.381 e. The molecule has 4 heterocycles. The fourth-order valence-electron chi connectivity index (χ4n) is 4.52. The van der Waals surface area contributed by atoms with Crippen LogP contribution in [0.4, 0.5) is 5.82 Å². The van der Waals surface area contributed by atoms with E-state index in [9.17, 15) is 4.79 Å². The van der Waals surface area contributed by atoms with Crippen molar-refractivity contribution in [3.8, 4) is 0 Å². The first-order chi connectivity index (χ1) is 12.2. The predicted molar refractivity (Wildman–Crippen MR) is 94.6 cm³/mol. The Hall–Kier alpha value is -1.73. The predicted octanol–water partition coefficient (Wildman–Crippen LogP) is 1.01. The van der Waals surface area contributed by atoms with E-state index in [1.54, 1.807) is 0 Å². The van der Waals surface area contributed by atoms with Gasteiger partial charge in [0.2, 0.25) is 0 Å². The Bertz CT molecular complexity index is 632. The van der Waals surface area contributed by atoms with E-state index in [2.05, 4.69) is 20.2 Å². The Morgan fingerprint density at radius 3 is 2.52 bits per heavy atom. The molecule has 1 aromatic rings. The van der Waals surface area contributed by atoms with E-state index in [-0.39, 0.29) is 5.91 Å². The number of amides is 1. The number of carbonyl (C=O) groups excluding carboxylic acids is 1. The van der Waals surface area contributed by atoms with Crippen molar-refractivity contribution in [3.05, 3.63) is 17.6 Å². The molecule has 3 aliphatic rings. The molecule has 0 aromatic carbocycles. The minimum Gasteiger partial charge on any atom is -0.381 e. The van der Waals surface area contributed by atoms with E-state index in [1.807, 2.05) is 18.9 Å². The molecule has 0 spiro atoms. The van der Waals surface area contributed by atoms with E-state index in [1.165, 1.54) is 19.4 Å². The van der Waals surface area contributed by atoms with Gasteiger partial charge < -0.3 is 15.0 Å². The third-order valence-electron chi connectivity index (χ3n) is 6.06. The van der Waals surface area contributed by atoms with Crippen LogP contribution >= 0.6 is 0 Å². The maximum Gasteiger partial charge on any atom is 0.272 e. The molecule has 1 amide bonds. The summed E-state index contributed by atoms with van der Waals surface area (Å²) in [4.78, 5) is 25.8. The van der Waals surface area contributed by atoms with Gasteiger partial charge >= 0.3 is 0 Å². The Labute approximate surface area is 148 Å². The Balaban J connectivity index is 1.36. The van der Waals surface area contributed by atoms with Crippen LogP contribution in [0.15, 0.2) is 6.33 Å². The molecule has 0 radical (unpaired) electrons. The highest BCUT2D eigenvalue weighted by Gasteiger charge is 2.40. The molecular weight excluding hydrogens is 318 g/mol. The van der Waals surface area contributed by atoms with E-state index in [4.69, 9.17) is 4.74 Å². The van der Waals surface area contributed by atoms with Gasteiger partial charge in [-0.2, -0.15) is 0 Å². The van der Waals surface area contributed by atoms with Crippen LogP contribution in [0, 0.1) is 18.8 Å². The van der Waals surface area contributed by atoms with Gasteiger partial charge in [0.1, 0.15) is 17.8 Å². The van der Waals surface area contributed by atoms with Crippen LogP contribution < -0.4 is 5.32 Å². The molecule has 0 bridgehead atoms. The zero-order chi connectivity index (χ0) is 17.4. The normalized spacial score (nSPS) is 27.5. The van der Waals surface area contributed by atoms with Crippen molar-refractivity contribution in [1.82, 2.24) is 19.8 Å². The lowest BCUT2D eigenvalue weighted by Gasteiger charge is -2.37. The zero-order valence-electron chi connectivity index (χ0n) is 15.1. The van der Waals surface area contributed by atoms with Gasteiger partial charge in [-0.3, -0.25) is 9.69 Å². The molecule has 3 aliphatic heterocycles. The summed E-state index contributed by atoms with van der Waals surface area (Å²) >= 11 is 0. The van der Waals surface area contributed by atoms with Crippen molar-refractivity contribution < 1.29 is 9.53 Å². The summed E-state index contributed by atoms with van der Waals surface area (Å²) in [6.45, 7) is 7.71.